The van der Waals surface area contributed by atoms with E-state index in [9.17, 15) is 0 Å². The quantitative estimate of drug-likeness (QED) is 0.889. The van der Waals surface area contributed by atoms with Crippen molar-refractivity contribution in [3.63, 3.8) is 0 Å². The molecular formula is C10H14BrNOS. The topological polar surface area (TPSA) is 32.3 Å². The van der Waals surface area contributed by atoms with Gasteiger partial charge in [0, 0.05) is 17.0 Å². The first-order valence-corrected chi connectivity index (χ1v) is 6.45. The van der Waals surface area contributed by atoms with E-state index in [2.05, 4.69) is 40.3 Å². The van der Waals surface area contributed by atoms with Gasteiger partial charge in [-0.25, -0.2) is 0 Å². The van der Waals surface area contributed by atoms with Gasteiger partial charge in [0.15, 0.2) is 0 Å². The van der Waals surface area contributed by atoms with Crippen molar-refractivity contribution >= 4 is 27.3 Å². The third-order valence-corrected chi connectivity index (χ3v) is 4.43. The largest absolute Gasteiger partial charge is 0.393 e. The number of rotatable bonds is 3. The first-order valence-electron chi connectivity index (χ1n) is 4.84. The fraction of sp³-hybridized carbons (Fsp3) is 0.600. The van der Waals surface area contributed by atoms with Crippen molar-refractivity contribution in [3.8, 4) is 0 Å². The van der Waals surface area contributed by atoms with Gasteiger partial charge in [-0.15, -0.1) is 11.3 Å². The van der Waals surface area contributed by atoms with Crippen LogP contribution in [0, 0.1) is 0 Å². The molecule has 2 rings (SSSR count). The molecule has 1 aromatic rings. The molecule has 0 saturated heterocycles. The molecule has 1 aliphatic carbocycles. The zero-order valence-electron chi connectivity index (χ0n) is 8.03. The summed E-state index contributed by atoms with van der Waals surface area (Å²) in [6.45, 7) is 2.17. The number of hydrogen-bond donors (Lipinski definition) is 2. The highest BCUT2D eigenvalue weighted by molar-refractivity contribution is 9.11. The van der Waals surface area contributed by atoms with Crippen molar-refractivity contribution in [1.82, 2.24) is 5.32 Å². The van der Waals surface area contributed by atoms with E-state index in [1.54, 1.807) is 11.3 Å². The summed E-state index contributed by atoms with van der Waals surface area (Å²) in [4.78, 5) is 1.35. The van der Waals surface area contributed by atoms with Crippen LogP contribution < -0.4 is 5.32 Å². The van der Waals surface area contributed by atoms with Gasteiger partial charge in [-0.05, 0) is 47.8 Å². The van der Waals surface area contributed by atoms with Crippen LogP contribution in [0.2, 0.25) is 0 Å². The molecular weight excluding hydrogens is 262 g/mol. The van der Waals surface area contributed by atoms with Gasteiger partial charge in [0.05, 0.1) is 9.89 Å². The summed E-state index contributed by atoms with van der Waals surface area (Å²) in [6.07, 6.45) is 1.73. The Kier molecular flexibility index (Phi) is 3.27. The minimum atomic E-state index is -0.0743. The zero-order chi connectivity index (χ0) is 10.1. The lowest BCUT2D eigenvalue weighted by molar-refractivity contribution is 0.0587. The molecule has 0 bridgehead atoms. The standard InChI is InChI=1S/C10H14BrNOS/c1-6(9-2-3-10(11)14-9)12-7-4-8(13)5-7/h2-3,6-8,12-13H,4-5H2,1H3. The van der Waals surface area contributed by atoms with E-state index in [0.717, 1.165) is 12.8 Å². The van der Waals surface area contributed by atoms with Crippen LogP contribution in [0.15, 0.2) is 15.9 Å². The summed E-state index contributed by atoms with van der Waals surface area (Å²) in [7, 11) is 0. The fourth-order valence-electron chi connectivity index (χ4n) is 1.72. The molecule has 1 aliphatic rings. The predicted molar refractivity (Wildman–Crippen MR) is 62.6 cm³/mol. The normalized spacial score (nSPS) is 28.5. The van der Waals surface area contributed by atoms with Crippen LogP contribution in [0.3, 0.4) is 0 Å². The van der Waals surface area contributed by atoms with Crippen molar-refractivity contribution in [2.45, 2.75) is 38.0 Å². The van der Waals surface area contributed by atoms with E-state index in [0.29, 0.717) is 12.1 Å². The summed E-state index contributed by atoms with van der Waals surface area (Å²) in [5.41, 5.74) is 0. The second-order valence-electron chi connectivity index (χ2n) is 3.85. The van der Waals surface area contributed by atoms with Crippen molar-refractivity contribution in [2.24, 2.45) is 0 Å². The number of nitrogens with one attached hydrogen (secondary N) is 1. The Balaban J connectivity index is 1.86. The monoisotopic (exact) mass is 275 g/mol. The van der Waals surface area contributed by atoms with Gasteiger partial charge in [-0.1, -0.05) is 0 Å². The molecule has 0 radical (unpaired) electrons. The molecule has 1 atom stereocenters. The fourth-order valence-corrected chi connectivity index (χ4v) is 3.16. The van der Waals surface area contributed by atoms with Gasteiger partial charge in [0.1, 0.15) is 0 Å². The summed E-state index contributed by atoms with van der Waals surface area (Å²) in [5.74, 6) is 0. The summed E-state index contributed by atoms with van der Waals surface area (Å²) in [6, 6.07) is 5.11. The van der Waals surface area contributed by atoms with E-state index in [-0.39, 0.29) is 6.10 Å². The minimum absolute atomic E-state index is 0.0743. The second-order valence-corrected chi connectivity index (χ2v) is 6.35. The van der Waals surface area contributed by atoms with Crippen LogP contribution in [0.25, 0.3) is 0 Å². The van der Waals surface area contributed by atoms with Crippen molar-refractivity contribution in [3.05, 3.63) is 20.8 Å². The Labute approximate surface area is 96.5 Å². The molecule has 1 aromatic heterocycles. The highest BCUT2D eigenvalue weighted by atomic mass is 79.9. The molecule has 0 spiro atoms. The number of halogens is 1. The lowest BCUT2D eigenvalue weighted by Crippen LogP contribution is -2.44. The van der Waals surface area contributed by atoms with Crippen molar-refractivity contribution in [2.75, 3.05) is 0 Å². The minimum Gasteiger partial charge on any atom is -0.393 e. The molecule has 14 heavy (non-hydrogen) atoms. The average Bonchev–Trinajstić information content (AvgIpc) is 2.49. The third kappa shape index (κ3) is 2.37. The number of aliphatic hydroxyl groups excluding tert-OH is 1. The Morgan fingerprint density at radius 2 is 2.29 bits per heavy atom. The Hall–Kier alpha value is 0.1000. The lowest BCUT2D eigenvalue weighted by atomic mass is 9.89. The maximum absolute atomic E-state index is 9.16. The van der Waals surface area contributed by atoms with Crippen LogP contribution >= 0.6 is 27.3 Å². The maximum atomic E-state index is 9.16. The van der Waals surface area contributed by atoms with Crippen LogP contribution in [0.5, 0.6) is 0 Å². The summed E-state index contributed by atoms with van der Waals surface area (Å²) >= 11 is 5.22. The molecule has 1 heterocycles. The van der Waals surface area contributed by atoms with Gasteiger partial charge in [0.25, 0.3) is 0 Å². The molecule has 78 valence electrons. The van der Waals surface area contributed by atoms with E-state index in [1.807, 2.05) is 0 Å². The Bertz CT molecular complexity index is 309. The lowest BCUT2D eigenvalue weighted by Gasteiger charge is -2.34. The second kappa shape index (κ2) is 4.31. The number of aliphatic hydroxyl groups is 1. The van der Waals surface area contributed by atoms with E-state index in [1.165, 1.54) is 8.66 Å². The van der Waals surface area contributed by atoms with E-state index in [4.69, 9.17) is 5.11 Å². The molecule has 2 N–H and O–H groups in total. The summed E-state index contributed by atoms with van der Waals surface area (Å²) in [5, 5.41) is 12.7. The predicted octanol–water partition coefficient (Wildman–Crippen LogP) is 2.68. The first-order chi connectivity index (χ1) is 6.65. The highest BCUT2D eigenvalue weighted by Gasteiger charge is 2.28. The van der Waals surface area contributed by atoms with Gasteiger partial charge < -0.3 is 10.4 Å². The van der Waals surface area contributed by atoms with E-state index >= 15 is 0 Å². The van der Waals surface area contributed by atoms with Gasteiger partial charge in [-0.2, -0.15) is 0 Å². The van der Waals surface area contributed by atoms with Crippen LogP contribution in [-0.4, -0.2) is 17.3 Å². The maximum Gasteiger partial charge on any atom is 0.0701 e. The molecule has 0 aromatic carbocycles. The summed E-state index contributed by atoms with van der Waals surface area (Å²) < 4.78 is 1.18. The molecule has 0 amide bonds. The Morgan fingerprint density at radius 1 is 1.57 bits per heavy atom. The molecule has 0 aliphatic heterocycles. The first kappa shape index (κ1) is 10.6. The zero-order valence-corrected chi connectivity index (χ0v) is 10.4. The smallest absolute Gasteiger partial charge is 0.0701 e. The third-order valence-electron chi connectivity index (χ3n) is 2.62. The van der Waals surface area contributed by atoms with Crippen LogP contribution in [0.1, 0.15) is 30.7 Å². The average molecular weight is 276 g/mol. The van der Waals surface area contributed by atoms with Crippen LogP contribution in [-0.2, 0) is 0 Å². The number of hydrogen-bond acceptors (Lipinski definition) is 3. The number of thiophene rings is 1. The SMILES string of the molecule is CC(NC1CC(O)C1)c1ccc(Br)s1. The van der Waals surface area contributed by atoms with Gasteiger partial charge in [-0.3, -0.25) is 0 Å². The molecule has 2 nitrogen and oxygen atoms in total. The Morgan fingerprint density at radius 3 is 2.79 bits per heavy atom. The van der Waals surface area contributed by atoms with Gasteiger partial charge in [0.2, 0.25) is 0 Å². The van der Waals surface area contributed by atoms with Crippen molar-refractivity contribution in [1.29, 1.82) is 0 Å². The molecule has 1 fully saturated rings. The van der Waals surface area contributed by atoms with E-state index < -0.39 is 0 Å². The van der Waals surface area contributed by atoms with Crippen LogP contribution in [0.4, 0.5) is 0 Å². The molecule has 1 unspecified atom stereocenters. The van der Waals surface area contributed by atoms with Gasteiger partial charge >= 0.3 is 0 Å². The van der Waals surface area contributed by atoms with Crippen molar-refractivity contribution < 1.29 is 5.11 Å². The highest BCUT2D eigenvalue weighted by Crippen LogP contribution is 2.29. The molecule has 1 saturated carbocycles. The molecule has 4 heteroatoms.